The van der Waals surface area contributed by atoms with Gasteiger partial charge in [-0.3, -0.25) is 14.8 Å². The molecule has 0 spiro atoms. The maximum atomic E-state index is 6.13. The highest BCUT2D eigenvalue weighted by Gasteiger charge is 2.30. The highest BCUT2D eigenvalue weighted by molar-refractivity contribution is 14.0. The zero-order valence-corrected chi connectivity index (χ0v) is 21.5. The van der Waals surface area contributed by atoms with Crippen LogP contribution in [0.2, 0.25) is 0 Å². The van der Waals surface area contributed by atoms with Crippen molar-refractivity contribution in [1.29, 1.82) is 0 Å². The number of para-hydroxylation sites is 1. The molecule has 0 saturated carbocycles. The average Bonchev–Trinajstić information content (AvgIpc) is 3.32. The van der Waals surface area contributed by atoms with Crippen LogP contribution in [0.5, 0.6) is 5.75 Å². The minimum Gasteiger partial charge on any atom is -0.492 e. The Labute approximate surface area is 209 Å². The summed E-state index contributed by atoms with van der Waals surface area (Å²) in [5.41, 5.74) is 1.16. The van der Waals surface area contributed by atoms with Crippen molar-refractivity contribution in [2.24, 2.45) is 4.99 Å². The van der Waals surface area contributed by atoms with Crippen LogP contribution in [0.1, 0.15) is 12.0 Å². The summed E-state index contributed by atoms with van der Waals surface area (Å²) in [6.45, 7) is 11.8. The molecule has 1 aromatic rings. The molecule has 9 heteroatoms. The molecular formula is C23H38IN5O3. The van der Waals surface area contributed by atoms with Gasteiger partial charge in [0, 0.05) is 71.0 Å². The Morgan fingerprint density at radius 2 is 1.78 bits per heavy atom. The maximum Gasteiger partial charge on any atom is 0.193 e. The van der Waals surface area contributed by atoms with Crippen LogP contribution in [0.3, 0.4) is 0 Å². The smallest absolute Gasteiger partial charge is 0.193 e. The van der Waals surface area contributed by atoms with Gasteiger partial charge in [-0.25, -0.2) is 0 Å². The van der Waals surface area contributed by atoms with E-state index in [1.807, 2.05) is 13.1 Å². The fraction of sp³-hybridized carbons (Fsp3) is 0.696. The number of rotatable bonds is 7. The van der Waals surface area contributed by atoms with Gasteiger partial charge in [0.25, 0.3) is 0 Å². The fourth-order valence-electron chi connectivity index (χ4n) is 4.58. The lowest BCUT2D eigenvalue weighted by atomic mass is 10.2. The summed E-state index contributed by atoms with van der Waals surface area (Å²) < 4.78 is 17.1. The van der Waals surface area contributed by atoms with Crippen molar-refractivity contribution in [3.63, 3.8) is 0 Å². The van der Waals surface area contributed by atoms with E-state index in [0.717, 1.165) is 89.5 Å². The quantitative estimate of drug-likeness (QED) is 0.309. The molecule has 0 amide bonds. The third kappa shape index (κ3) is 7.18. The molecule has 1 unspecified atom stereocenters. The van der Waals surface area contributed by atoms with Gasteiger partial charge in [-0.05, 0) is 12.5 Å². The predicted molar refractivity (Wildman–Crippen MR) is 137 cm³/mol. The van der Waals surface area contributed by atoms with Gasteiger partial charge in [-0.2, -0.15) is 0 Å². The summed E-state index contributed by atoms with van der Waals surface area (Å²) in [7, 11) is 1.87. The molecular weight excluding hydrogens is 521 g/mol. The highest BCUT2D eigenvalue weighted by atomic mass is 127. The molecule has 1 N–H and O–H groups in total. The van der Waals surface area contributed by atoms with E-state index >= 15 is 0 Å². The first-order valence-electron chi connectivity index (χ1n) is 11.6. The van der Waals surface area contributed by atoms with E-state index in [1.54, 1.807) is 0 Å². The molecule has 3 aliphatic rings. The van der Waals surface area contributed by atoms with Crippen LogP contribution in [0.15, 0.2) is 29.3 Å². The largest absolute Gasteiger partial charge is 0.492 e. The van der Waals surface area contributed by atoms with E-state index in [1.165, 1.54) is 6.42 Å². The summed E-state index contributed by atoms with van der Waals surface area (Å²) in [5, 5.41) is 3.56. The van der Waals surface area contributed by atoms with Crippen LogP contribution in [-0.4, -0.2) is 113 Å². The van der Waals surface area contributed by atoms with Crippen molar-refractivity contribution in [3.8, 4) is 5.75 Å². The summed E-state index contributed by atoms with van der Waals surface area (Å²) >= 11 is 0. The number of hydrogen-bond donors (Lipinski definition) is 1. The highest BCUT2D eigenvalue weighted by Crippen LogP contribution is 2.20. The van der Waals surface area contributed by atoms with Crippen LogP contribution in [0.4, 0.5) is 0 Å². The number of nitrogens with one attached hydrogen (secondary N) is 1. The van der Waals surface area contributed by atoms with Gasteiger partial charge in [0.15, 0.2) is 5.96 Å². The maximum absolute atomic E-state index is 6.13. The predicted octanol–water partition coefficient (Wildman–Crippen LogP) is 1.50. The Kier molecular flexibility index (Phi) is 10.8. The van der Waals surface area contributed by atoms with Gasteiger partial charge in [-0.1, -0.05) is 18.2 Å². The van der Waals surface area contributed by atoms with E-state index in [-0.39, 0.29) is 24.0 Å². The lowest BCUT2D eigenvalue weighted by Crippen LogP contribution is -2.46. The molecule has 4 rings (SSSR count). The van der Waals surface area contributed by atoms with Crippen molar-refractivity contribution in [2.75, 3.05) is 85.9 Å². The number of hydrogen-bond acceptors (Lipinski definition) is 6. The Bertz CT molecular complexity index is 711. The van der Waals surface area contributed by atoms with Gasteiger partial charge >= 0.3 is 0 Å². The monoisotopic (exact) mass is 559 g/mol. The zero-order chi connectivity index (χ0) is 21.3. The Morgan fingerprint density at radius 3 is 2.53 bits per heavy atom. The van der Waals surface area contributed by atoms with Crippen molar-refractivity contribution < 1.29 is 14.2 Å². The minimum absolute atomic E-state index is 0. The minimum atomic E-state index is 0. The lowest BCUT2D eigenvalue weighted by Gasteiger charge is -2.32. The molecule has 3 aliphatic heterocycles. The normalized spacial score (nSPS) is 23.1. The second-order valence-electron chi connectivity index (χ2n) is 8.35. The first-order valence-corrected chi connectivity index (χ1v) is 11.6. The summed E-state index contributed by atoms with van der Waals surface area (Å²) in [4.78, 5) is 11.9. The van der Waals surface area contributed by atoms with E-state index in [2.05, 4.69) is 43.2 Å². The fourth-order valence-corrected chi connectivity index (χ4v) is 4.58. The molecule has 180 valence electrons. The Balaban J connectivity index is 0.00000289. The van der Waals surface area contributed by atoms with Gasteiger partial charge < -0.3 is 24.4 Å². The molecule has 32 heavy (non-hydrogen) atoms. The third-order valence-corrected chi connectivity index (χ3v) is 6.42. The molecule has 8 nitrogen and oxygen atoms in total. The first kappa shape index (κ1) is 25.5. The third-order valence-electron chi connectivity index (χ3n) is 6.42. The van der Waals surface area contributed by atoms with E-state index < -0.39 is 0 Å². The van der Waals surface area contributed by atoms with Crippen LogP contribution in [0.25, 0.3) is 0 Å². The summed E-state index contributed by atoms with van der Waals surface area (Å²) in [5.74, 6) is 1.92. The van der Waals surface area contributed by atoms with Crippen molar-refractivity contribution in [2.45, 2.75) is 19.0 Å². The standard InChI is InChI=1S/C23H37N5O3.HI/c1-24-23(28-7-6-21(19-28)27-11-15-30-16-12-27)25-18-20-4-2-3-5-22(20)31-17-10-26-8-13-29-14-9-26;/h2-5,21H,6-19H2,1H3,(H,24,25);1H. The number of likely N-dealkylation sites (tertiary alicyclic amines) is 1. The zero-order valence-electron chi connectivity index (χ0n) is 19.2. The molecule has 0 radical (unpaired) electrons. The first-order chi connectivity index (χ1) is 15.3. The number of nitrogens with zero attached hydrogens (tertiary/aromatic N) is 4. The lowest BCUT2D eigenvalue weighted by molar-refractivity contribution is 0.0195. The van der Waals surface area contributed by atoms with E-state index in [9.17, 15) is 0 Å². The van der Waals surface area contributed by atoms with Crippen LogP contribution in [-0.2, 0) is 16.0 Å². The average molecular weight is 559 g/mol. The second kappa shape index (κ2) is 13.5. The SMILES string of the molecule is CN=C(NCc1ccccc1OCCN1CCOCC1)N1CCC(N2CCOCC2)C1.I. The number of aliphatic imine (C=N–C) groups is 1. The van der Waals surface area contributed by atoms with Crippen LogP contribution >= 0.6 is 24.0 Å². The van der Waals surface area contributed by atoms with E-state index in [0.29, 0.717) is 19.2 Å². The molecule has 3 heterocycles. The molecule has 3 saturated heterocycles. The molecule has 0 aromatic heterocycles. The van der Waals surface area contributed by atoms with Crippen LogP contribution < -0.4 is 10.1 Å². The number of guanidine groups is 1. The molecule has 0 bridgehead atoms. The summed E-state index contributed by atoms with van der Waals surface area (Å²) in [6, 6.07) is 8.89. The van der Waals surface area contributed by atoms with Gasteiger partial charge in [0.2, 0.25) is 0 Å². The molecule has 1 aromatic carbocycles. The van der Waals surface area contributed by atoms with Gasteiger partial charge in [-0.15, -0.1) is 24.0 Å². The van der Waals surface area contributed by atoms with Gasteiger partial charge in [0.05, 0.1) is 26.4 Å². The Hall–Kier alpha value is -1.14. The Morgan fingerprint density at radius 1 is 1.06 bits per heavy atom. The van der Waals surface area contributed by atoms with Crippen molar-refractivity contribution in [1.82, 2.24) is 20.0 Å². The van der Waals surface area contributed by atoms with Crippen molar-refractivity contribution in [3.05, 3.63) is 29.8 Å². The number of halogens is 1. The molecule has 0 aliphatic carbocycles. The summed E-state index contributed by atoms with van der Waals surface area (Å²) in [6.07, 6.45) is 1.18. The van der Waals surface area contributed by atoms with E-state index in [4.69, 9.17) is 14.2 Å². The number of ether oxygens (including phenoxy) is 3. The number of benzene rings is 1. The number of morpholine rings is 2. The molecule has 1 atom stereocenters. The van der Waals surface area contributed by atoms with Crippen LogP contribution in [0, 0.1) is 0 Å². The topological polar surface area (TPSA) is 61.8 Å². The second-order valence-corrected chi connectivity index (χ2v) is 8.35. The van der Waals surface area contributed by atoms with Gasteiger partial charge in [0.1, 0.15) is 12.4 Å². The molecule has 3 fully saturated rings. The van der Waals surface area contributed by atoms with Crippen molar-refractivity contribution >= 4 is 29.9 Å².